The number of aromatic nitrogens is 3. The van der Waals surface area contributed by atoms with Crippen molar-refractivity contribution in [2.24, 2.45) is 7.05 Å². The molecule has 2 fully saturated rings. The highest BCUT2D eigenvalue weighted by Gasteiger charge is 2.57. The Labute approximate surface area is 151 Å². The summed E-state index contributed by atoms with van der Waals surface area (Å²) >= 11 is 0. The molecule has 0 saturated carbocycles. The number of likely N-dealkylation sites (N-methyl/N-ethyl adjacent to an activating group) is 1. The highest BCUT2D eigenvalue weighted by atomic mass is 16.5. The number of carbonyl (C=O) groups is 2. The summed E-state index contributed by atoms with van der Waals surface area (Å²) in [4.78, 5) is 33.2. The van der Waals surface area contributed by atoms with Crippen molar-refractivity contribution in [3.05, 3.63) is 48.0 Å². The maximum atomic E-state index is 13.0. The predicted octanol–water partition coefficient (Wildman–Crippen LogP) is 0.282. The van der Waals surface area contributed by atoms with Crippen LogP contribution in [0.5, 0.6) is 0 Å². The molecule has 26 heavy (non-hydrogen) atoms. The summed E-state index contributed by atoms with van der Waals surface area (Å²) in [6.45, 7) is 1.48. The fraction of sp³-hybridized carbons (Fsp3) is 0.444. The number of hydrogen-bond acceptors (Lipinski definition) is 5. The number of amides is 2. The molecule has 2 aliphatic rings. The first-order chi connectivity index (χ1) is 12.5. The standard InChI is InChI=1S/C18H21N5O3/c1-21-10-14(13-6-4-3-5-7-13)18(17(21)25)11-23(8-9-26-18)16(24)15-19-12-22(2)20-15/h3-7,12,14H,8-11H2,1-2H3. The molecule has 2 atom stereocenters. The van der Waals surface area contributed by atoms with Crippen LogP contribution in [0.1, 0.15) is 22.1 Å². The summed E-state index contributed by atoms with van der Waals surface area (Å²) in [7, 11) is 3.49. The van der Waals surface area contributed by atoms with E-state index >= 15 is 0 Å². The van der Waals surface area contributed by atoms with Crippen molar-refractivity contribution >= 4 is 11.8 Å². The molecule has 0 bridgehead atoms. The van der Waals surface area contributed by atoms with Gasteiger partial charge in [-0.05, 0) is 5.56 Å². The number of aryl methyl sites for hydroxylation is 1. The number of nitrogens with zero attached hydrogens (tertiary/aromatic N) is 5. The molecule has 0 aliphatic carbocycles. The van der Waals surface area contributed by atoms with Crippen LogP contribution in [0.25, 0.3) is 0 Å². The number of hydrogen-bond donors (Lipinski definition) is 0. The van der Waals surface area contributed by atoms with Gasteiger partial charge in [-0.15, -0.1) is 5.10 Å². The molecule has 1 spiro atoms. The van der Waals surface area contributed by atoms with E-state index in [2.05, 4.69) is 10.1 Å². The molecule has 8 nitrogen and oxygen atoms in total. The van der Waals surface area contributed by atoms with Crippen LogP contribution in [0.4, 0.5) is 0 Å². The van der Waals surface area contributed by atoms with E-state index in [4.69, 9.17) is 4.74 Å². The molecule has 3 heterocycles. The molecule has 2 aromatic rings. The zero-order chi connectivity index (χ0) is 18.3. The fourth-order valence-corrected chi connectivity index (χ4v) is 3.87. The SMILES string of the molecule is CN1CC(c2ccccc2)C2(CN(C(=O)c3ncn(C)n3)CCO2)C1=O. The van der Waals surface area contributed by atoms with E-state index in [1.54, 1.807) is 23.9 Å². The summed E-state index contributed by atoms with van der Waals surface area (Å²) in [6.07, 6.45) is 1.49. The number of morpholine rings is 1. The summed E-state index contributed by atoms with van der Waals surface area (Å²) < 4.78 is 7.56. The maximum absolute atomic E-state index is 13.0. The molecule has 0 radical (unpaired) electrons. The van der Waals surface area contributed by atoms with Gasteiger partial charge in [-0.1, -0.05) is 30.3 Å². The van der Waals surface area contributed by atoms with E-state index in [0.29, 0.717) is 19.7 Å². The van der Waals surface area contributed by atoms with Crippen molar-refractivity contribution in [2.75, 3.05) is 33.3 Å². The largest absolute Gasteiger partial charge is 0.361 e. The van der Waals surface area contributed by atoms with Crippen LogP contribution in [-0.4, -0.2) is 75.3 Å². The molecule has 8 heteroatoms. The molecule has 136 valence electrons. The van der Waals surface area contributed by atoms with Gasteiger partial charge in [0.15, 0.2) is 5.60 Å². The van der Waals surface area contributed by atoms with Gasteiger partial charge in [-0.2, -0.15) is 0 Å². The second-order valence-electron chi connectivity index (χ2n) is 6.86. The molecular formula is C18H21N5O3. The van der Waals surface area contributed by atoms with E-state index in [1.165, 1.54) is 11.0 Å². The summed E-state index contributed by atoms with van der Waals surface area (Å²) in [5.41, 5.74) is -0.0193. The van der Waals surface area contributed by atoms with Crippen molar-refractivity contribution in [1.82, 2.24) is 24.6 Å². The fourth-order valence-electron chi connectivity index (χ4n) is 3.87. The van der Waals surface area contributed by atoms with Crippen LogP contribution in [0.15, 0.2) is 36.7 Å². The van der Waals surface area contributed by atoms with Gasteiger partial charge in [-0.3, -0.25) is 14.3 Å². The Morgan fingerprint density at radius 3 is 2.73 bits per heavy atom. The van der Waals surface area contributed by atoms with E-state index in [9.17, 15) is 9.59 Å². The zero-order valence-electron chi connectivity index (χ0n) is 14.8. The molecule has 2 aliphatic heterocycles. The van der Waals surface area contributed by atoms with E-state index in [0.717, 1.165) is 5.56 Å². The average Bonchev–Trinajstić information content (AvgIpc) is 3.20. The van der Waals surface area contributed by atoms with Crippen LogP contribution < -0.4 is 0 Å². The summed E-state index contributed by atoms with van der Waals surface area (Å²) in [5.74, 6) is -0.353. The van der Waals surface area contributed by atoms with Gasteiger partial charge in [0.1, 0.15) is 6.33 Å². The molecule has 1 aromatic heterocycles. The first kappa shape index (κ1) is 16.7. The lowest BCUT2D eigenvalue weighted by Crippen LogP contribution is -2.59. The lowest BCUT2D eigenvalue weighted by atomic mass is 9.83. The van der Waals surface area contributed by atoms with Gasteiger partial charge >= 0.3 is 0 Å². The van der Waals surface area contributed by atoms with E-state index in [1.807, 2.05) is 30.3 Å². The Morgan fingerprint density at radius 2 is 2.04 bits per heavy atom. The van der Waals surface area contributed by atoms with E-state index < -0.39 is 5.60 Å². The van der Waals surface area contributed by atoms with Crippen molar-refractivity contribution in [3.63, 3.8) is 0 Å². The molecule has 2 unspecified atom stereocenters. The van der Waals surface area contributed by atoms with E-state index in [-0.39, 0.29) is 30.1 Å². The maximum Gasteiger partial charge on any atom is 0.293 e. The van der Waals surface area contributed by atoms with Crippen molar-refractivity contribution in [1.29, 1.82) is 0 Å². The van der Waals surface area contributed by atoms with Crippen molar-refractivity contribution in [2.45, 2.75) is 11.5 Å². The van der Waals surface area contributed by atoms with Crippen LogP contribution in [-0.2, 0) is 16.6 Å². The lowest BCUT2D eigenvalue weighted by Gasteiger charge is -2.41. The number of ether oxygens (including phenoxy) is 1. The Kier molecular flexibility index (Phi) is 3.99. The number of carbonyl (C=O) groups excluding carboxylic acids is 2. The molecule has 2 amide bonds. The number of likely N-dealkylation sites (tertiary alicyclic amines) is 1. The normalized spacial score (nSPS) is 25.9. The highest BCUT2D eigenvalue weighted by molar-refractivity contribution is 5.93. The third-order valence-electron chi connectivity index (χ3n) is 5.15. The Hall–Kier alpha value is -2.74. The average molecular weight is 355 g/mol. The number of benzene rings is 1. The van der Waals surface area contributed by atoms with Crippen LogP contribution >= 0.6 is 0 Å². The molecule has 1 aromatic carbocycles. The predicted molar refractivity (Wildman–Crippen MR) is 92.4 cm³/mol. The smallest absolute Gasteiger partial charge is 0.293 e. The van der Waals surface area contributed by atoms with Crippen molar-refractivity contribution < 1.29 is 14.3 Å². The monoisotopic (exact) mass is 355 g/mol. The van der Waals surface area contributed by atoms with Crippen LogP contribution in [0.2, 0.25) is 0 Å². The zero-order valence-corrected chi connectivity index (χ0v) is 14.8. The van der Waals surface area contributed by atoms with Gasteiger partial charge in [0.2, 0.25) is 5.82 Å². The minimum Gasteiger partial charge on any atom is -0.361 e. The molecule has 2 saturated heterocycles. The summed E-state index contributed by atoms with van der Waals surface area (Å²) in [6, 6.07) is 9.86. The number of rotatable bonds is 2. The first-order valence-electron chi connectivity index (χ1n) is 8.60. The first-order valence-corrected chi connectivity index (χ1v) is 8.60. The van der Waals surface area contributed by atoms with Gasteiger partial charge < -0.3 is 14.5 Å². The third-order valence-corrected chi connectivity index (χ3v) is 5.15. The third kappa shape index (κ3) is 2.57. The van der Waals surface area contributed by atoms with Crippen LogP contribution in [0.3, 0.4) is 0 Å². The topological polar surface area (TPSA) is 80.6 Å². The summed E-state index contributed by atoms with van der Waals surface area (Å²) in [5, 5.41) is 4.09. The molecule has 0 N–H and O–H groups in total. The molecular weight excluding hydrogens is 334 g/mol. The van der Waals surface area contributed by atoms with Gasteiger partial charge in [-0.25, -0.2) is 4.98 Å². The molecule has 4 rings (SSSR count). The van der Waals surface area contributed by atoms with Crippen molar-refractivity contribution in [3.8, 4) is 0 Å². The van der Waals surface area contributed by atoms with Gasteiger partial charge in [0, 0.05) is 33.1 Å². The Bertz CT molecular complexity index is 836. The van der Waals surface area contributed by atoms with Gasteiger partial charge in [0.05, 0.1) is 13.2 Å². The minimum atomic E-state index is -1.06. The van der Waals surface area contributed by atoms with Gasteiger partial charge in [0.25, 0.3) is 11.8 Å². The Balaban J connectivity index is 1.66. The highest BCUT2D eigenvalue weighted by Crippen LogP contribution is 2.41. The quantitative estimate of drug-likeness (QED) is 0.773. The lowest BCUT2D eigenvalue weighted by molar-refractivity contribution is -0.159. The second kappa shape index (κ2) is 6.21. The Morgan fingerprint density at radius 1 is 1.27 bits per heavy atom. The van der Waals surface area contributed by atoms with Crippen LogP contribution in [0, 0.1) is 0 Å². The second-order valence-corrected chi connectivity index (χ2v) is 6.86. The minimum absolute atomic E-state index is 0.0853.